The molecule has 0 bridgehead atoms. The van der Waals surface area contributed by atoms with Crippen LogP contribution in [0.4, 0.5) is 13.2 Å². The number of aliphatic imine (C=N–C) groups is 1. The fourth-order valence-electron chi connectivity index (χ4n) is 4.40. The Morgan fingerprint density at radius 2 is 2.00 bits per heavy atom. The van der Waals surface area contributed by atoms with Gasteiger partial charge in [0, 0.05) is 32.7 Å². The van der Waals surface area contributed by atoms with Gasteiger partial charge in [-0.25, -0.2) is 0 Å². The van der Waals surface area contributed by atoms with E-state index in [0.29, 0.717) is 25.0 Å². The summed E-state index contributed by atoms with van der Waals surface area (Å²) in [6.07, 6.45) is 1.53. The zero-order valence-corrected chi connectivity index (χ0v) is 19.3. The third kappa shape index (κ3) is 8.33. The average molecular weight is 504 g/mol. The molecule has 1 N–H and O–H groups in total. The highest BCUT2D eigenvalue weighted by atomic mass is 127. The van der Waals surface area contributed by atoms with Crippen molar-refractivity contribution in [2.75, 3.05) is 45.8 Å². The first-order valence-corrected chi connectivity index (χ1v) is 10.1. The summed E-state index contributed by atoms with van der Waals surface area (Å²) in [6, 6.07) is 0. The summed E-state index contributed by atoms with van der Waals surface area (Å²) in [7, 11) is 0. The summed E-state index contributed by atoms with van der Waals surface area (Å²) in [5.74, 6) is 1.15. The molecule has 2 unspecified atom stereocenters. The van der Waals surface area contributed by atoms with Crippen molar-refractivity contribution >= 4 is 29.9 Å². The number of alkyl halides is 3. The summed E-state index contributed by atoms with van der Waals surface area (Å²) >= 11 is 0. The summed E-state index contributed by atoms with van der Waals surface area (Å²) < 4.78 is 37.6. The van der Waals surface area contributed by atoms with E-state index in [0.717, 1.165) is 32.0 Å². The highest BCUT2D eigenvalue weighted by Crippen LogP contribution is 2.34. The maximum Gasteiger partial charge on any atom is 0.401 e. The number of guanidine groups is 1. The van der Waals surface area contributed by atoms with Crippen molar-refractivity contribution < 1.29 is 13.2 Å². The Labute approximate surface area is 179 Å². The topological polar surface area (TPSA) is 30.9 Å². The number of hydrogen-bond acceptors (Lipinski definition) is 2. The Morgan fingerprint density at radius 1 is 1.26 bits per heavy atom. The number of hydrogen-bond donors (Lipinski definition) is 1. The molecule has 0 aromatic rings. The molecule has 0 spiro atoms. The van der Waals surface area contributed by atoms with Gasteiger partial charge >= 0.3 is 6.18 Å². The Bertz CT molecular complexity index is 468. The molecule has 4 nitrogen and oxygen atoms in total. The van der Waals surface area contributed by atoms with E-state index in [1.165, 1.54) is 30.6 Å². The molecular formula is C19H36F3IN4. The molecule has 2 rings (SSSR count). The molecule has 0 saturated carbocycles. The molecule has 2 aliphatic heterocycles. The van der Waals surface area contributed by atoms with Crippen molar-refractivity contribution in [3.05, 3.63) is 0 Å². The average Bonchev–Trinajstić information content (AvgIpc) is 2.96. The van der Waals surface area contributed by atoms with Crippen LogP contribution in [0.5, 0.6) is 0 Å². The fraction of sp³-hybridized carbons (Fsp3) is 0.947. The van der Waals surface area contributed by atoms with Crippen LogP contribution in [-0.4, -0.2) is 67.7 Å². The van der Waals surface area contributed by atoms with E-state index in [2.05, 4.69) is 31.0 Å². The summed E-state index contributed by atoms with van der Waals surface area (Å²) in [4.78, 5) is 8.66. The van der Waals surface area contributed by atoms with Crippen LogP contribution < -0.4 is 5.32 Å². The standard InChI is InChI=1S/C19H35F3N4.HI/c1-4-8-18(3)9-6-10-26(14-18)17(23-5-2)24-12-16-7-11-25(13-16)15-19(20,21)22;/h16H,4-15H2,1-3H3,(H,23,24);1H. The minimum Gasteiger partial charge on any atom is -0.357 e. The second-order valence-electron chi connectivity index (χ2n) is 8.29. The summed E-state index contributed by atoms with van der Waals surface area (Å²) in [5.41, 5.74) is 0.333. The van der Waals surface area contributed by atoms with Crippen LogP contribution >= 0.6 is 24.0 Å². The maximum atomic E-state index is 12.5. The number of piperidine rings is 1. The zero-order chi connectivity index (χ0) is 19.2. The third-order valence-corrected chi connectivity index (χ3v) is 5.54. The van der Waals surface area contributed by atoms with Crippen molar-refractivity contribution in [3.8, 4) is 0 Å². The zero-order valence-electron chi connectivity index (χ0n) is 16.9. The van der Waals surface area contributed by atoms with E-state index in [-0.39, 0.29) is 29.9 Å². The first-order chi connectivity index (χ1) is 12.2. The number of likely N-dealkylation sites (tertiary alicyclic amines) is 2. The van der Waals surface area contributed by atoms with Gasteiger partial charge < -0.3 is 10.2 Å². The van der Waals surface area contributed by atoms with Crippen LogP contribution in [0.2, 0.25) is 0 Å². The van der Waals surface area contributed by atoms with Gasteiger partial charge in [0.2, 0.25) is 0 Å². The molecule has 160 valence electrons. The van der Waals surface area contributed by atoms with Crippen LogP contribution in [0.1, 0.15) is 52.9 Å². The van der Waals surface area contributed by atoms with Crippen molar-refractivity contribution in [3.63, 3.8) is 0 Å². The van der Waals surface area contributed by atoms with Gasteiger partial charge in [0.15, 0.2) is 5.96 Å². The molecule has 0 aliphatic carbocycles. The molecule has 2 saturated heterocycles. The van der Waals surface area contributed by atoms with Gasteiger partial charge in [-0.2, -0.15) is 13.2 Å². The first kappa shape index (κ1) is 24.8. The van der Waals surface area contributed by atoms with E-state index in [1.807, 2.05) is 0 Å². The van der Waals surface area contributed by atoms with E-state index < -0.39 is 12.7 Å². The second kappa shape index (κ2) is 11.1. The lowest BCUT2D eigenvalue weighted by Gasteiger charge is -2.42. The van der Waals surface area contributed by atoms with Crippen LogP contribution in [0.15, 0.2) is 4.99 Å². The molecular weight excluding hydrogens is 468 g/mol. The quantitative estimate of drug-likeness (QED) is 0.332. The van der Waals surface area contributed by atoms with Gasteiger partial charge in [-0.1, -0.05) is 20.3 Å². The van der Waals surface area contributed by atoms with E-state index in [1.54, 1.807) is 0 Å². The predicted molar refractivity (Wildman–Crippen MR) is 116 cm³/mol. The van der Waals surface area contributed by atoms with Crippen LogP contribution in [0.25, 0.3) is 0 Å². The minimum absolute atomic E-state index is 0. The number of nitrogens with one attached hydrogen (secondary N) is 1. The molecule has 0 amide bonds. The minimum atomic E-state index is -4.11. The maximum absolute atomic E-state index is 12.5. The number of halogens is 4. The Morgan fingerprint density at radius 3 is 2.63 bits per heavy atom. The molecule has 0 aromatic heterocycles. The van der Waals surface area contributed by atoms with Crippen LogP contribution in [0.3, 0.4) is 0 Å². The van der Waals surface area contributed by atoms with Crippen molar-refractivity contribution in [2.45, 2.75) is 59.1 Å². The van der Waals surface area contributed by atoms with E-state index >= 15 is 0 Å². The highest BCUT2D eigenvalue weighted by Gasteiger charge is 2.35. The van der Waals surface area contributed by atoms with E-state index in [4.69, 9.17) is 4.99 Å². The first-order valence-electron chi connectivity index (χ1n) is 10.1. The van der Waals surface area contributed by atoms with Crippen molar-refractivity contribution in [1.29, 1.82) is 0 Å². The number of rotatable bonds is 6. The largest absolute Gasteiger partial charge is 0.401 e. The molecule has 2 atom stereocenters. The summed E-state index contributed by atoms with van der Waals surface area (Å²) in [5, 5.41) is 3.39. The van der Waals surface area contributed by atoms with E-state index in [9.17, 15) is 13.2 Å². The SMILES string of the molecule is CCCC1(C)CCCN(C(=NCC2CCN(CC(F)(F)F)C2)NCC)C1.I. The molecule has 2 heterocycles. The Hall–Kier alpha value is -0.250. The summed E-state index contributed by atoms with van der Waals surface area (Å²) in [6.45, 7) is 10.3. The molecule has 0 aromatic carbocycles. The number of nitrogens with zero attached hydrogens (tertiary/aromatic N) is 3. The van der Waals surface area contributed by atoms with Gasteiger partial charge in [0.05, 0.1) is 6.54 Å². The molecule has 2 aliphatic rings. The van der Waals surface area contributed by atoms with Gasteiger partial charge in [-0.3, -0.25) is 9.89 Å². The lowest BCUT2D eigenvalue weighted by Crippen LogP contribution is -2.50. The molecule has 27 heavy (non-hydrogen) atoms. The third-order valence-electron chi connectivity index (χ3n) is 5.54. The van der Waals surface area contributed by atoms with Gasteiger partial charge in [-0.15, -0.1) is 24.0 Å². The normalized spacial score (nSPS) is 27.6. The van der Waals surface area contributed by atoms with Gasteiger partial charge in [0.25, 0.3) is 0 Å². The fourth-order valence-corrected chi connectivity index (χ4v) is 4.40. The molecule has 0 radical (unpaired) electrons. The molecule has 8 heteroatoms. The van der Waals surface area contributed by atoms with Crippen LogP contribution in [-0.2, 0) is 0 Å². The lowest BCUT2D eigenvalue weighted by molar-refractivity contribution is -0.143. The highest BCUT2D eigenvalue weighted by molar-refractivity contribution is 14.0. The van der Waals surface area contributed by atoms with Gasteiger partial charge in [0.1, 0.15) is 0 Å². The van der Waals surface area contributed by atoms with Gasteiger partial charge in [-0.05, 0) is 50.5 Å². The Balaban J connectivity index is 0.00000364. The molecule has 2 fully saturated rings. The van der Waals surface area contributed by atoms with Crippen molar-refractivity contribution in [1.82, 2.24) is 15.1 Å². The smallest absolute Gasteiger partial charge is 0.357 e. The van der Waals surface area contributed by atoms with Crippen molar-refractivity contribution in [2.24, 2.45) is 16.3 Å². The Kier molecular flexibility index (Phi) is 10.2. The predicted octanol–water partition coefficient (Wildman–Crippen LogP) is 4.36. The monoisotopic (exact) mass is 504 g/mol. The lowest BCUT2D eigenvalue weighted by atomic mass is 9.78. The van der Waals surface area contributed by atoms with Crippen LogP contribution in [0, 0.1) is 11.3 Å². The second-order valence-corrected chi connectivity index (χ2v) is 8.29.